The summed E-state index contributed by atoms with van der Waals surface area (Å²) in [6.07, 6.45) is 5.12. The lowest BCUT2D eigenvalue weighted by Crippen LogP contribution is -2.47. The third-order valence-corrected chi connectivity index (χ3v) is 4.52. The van der Waals surface area contributed by atoms with Crippen LogP contribution in [0.1, 0.15) is 30.8 Å². The van der Waals surface area contributed by atoms with E-state index in [1.54, 1.807) is 0 Å². The highest BCUT2D eigenvalue weighted by molar-refractivity contribution is 5.21. The molecule has 0 fully saturated rings. The van der Waals surface area contributed by atoms with Gasteiger partial charge < -0.3 is 9.88 Å². The number of benzene rings is 1. The molecule has 2 aromatic rings. The number of nitrogens with one attached hydrogen (secondary N) is 1. The molecule has 0 bridgehead atoms. The fraction of sp³-hybridized carbons (Fsp3) is 0.471. The standard InChI is InChI=1S/C17H24N4/c1-3-15(17(18-2)14-7-5-4-6-8-14)21-12-11-20-10-9-19-16(20)13-21/h4-10,15,17-18H,3,11-13H2,1-2H3. The van der Waals surface area contributed by atoms with Crippen LogP contribution in [0.15, 0.2) is 42.7 Å². The van der Waals surface area contributed by atoms with Crippen molar-refractivity contribution in [3.63, 3.8) is 0 Å². The maximum atomic E-state index is 4.48. The van der Waals surface area contributed by atoms with E-state index in [4.69, 9.17) is 0 Å². The first kappa shape index (κ1) is 14.3. The summed E-state index contributed by atoms with van der Waals surface area (Å²) in [4.78, 5) is 7.05. The third kappa shape index (κ3) is 2.87. The average Bonchev–Trinajstić information content (AvgIpc) is 3.00. The van der Waals surface area contributed by atoms with Gasteiger partial charge in [0.2, 0.25) is 0 Å². The predicted molar refractivity (Wildman–Crippen MR) is 85.0 cm³/mol. The monoisotopic (exact) mass is 284 g/mol. The van der Waals surface area contributed by atoms with Crippen molar-refractivity contribution in [1.82, 2.24) is 19.8 Å². The summed E-state index contributed by atoms with van der Waals surface area (Å²) in [5.74, 6) is 1.18. The zero-order chi connectivity index (χ0) is 14.7. The zero-order valence-corrected chi connectivity index (χ0v) is 12.9. The van der Waals surface area contributed by atoms with Crippen molar-refractivity contribution in [3.05, 3.63) is 54.1 Å². The summed E-state index contributed by atoms with van der Waals surface area (Å²) in [6, 6.07) is 11.6. The Morgan fingerprint density at radius 2 is 2.05 bits per heavy atom. The maximum absolute atomic E-state index is 4.48. The summed E-state index contributed by atoms with van der Waals surface area (Å²) < 4.78 is 2.26. The molecule has 3 rings (SSSR count). The molecule has 1 aliphatic rings. The molecule has 2 unspecified atom stereocenters. The van der Waals surface area contributed by atoms with Crippen LogP contribution in [0.2, 0.25) is 0 Å². The van der Waals surface area contributed by atoms with Gasteiger partial charge in [0.1, 0.15) is 5.82 Å². The highest BCUT2D eigenvalue weighted by Crippen LogP contribution is 2.26. The van der Waals surface area contributed by atoms with Crippen LogP contribution >= 0.6 is 0 Å². The predicted octanol–water partition coefficient (Wildman–Crippen LogP) is 2.44. The Morgan fingerprint density at radius 1 is 1.24 bits per heavy atom. The third-order valence-electron chi connectivity index (χ3n) is 4.52. The van der Waals surface area contributed by atoms with Crippen LogP contribution in [0, 0.1) is 0 Å². The van der Waals surface area contributed by atoms with E-state index in [9.17, 15) is 0 Å². The largest absolute Gasteiger partial charge is 0.333 e. The normalized spacial score (nSPS) is 18.2. The van der Waals surface area contributed by atoms with E-state index in [2.05, 4.69) is 70.3 Å². The molecule has 1 aromatic carbocycles. The van der Waals surface area contributed by atoms with Crippen molar-refractivity contribution < 1.29 is 0 Å². The minimum absolute atomic E-state index is 0.359. The van der Waals surface area contributed by atoms with E-state index in [0.717, 1.165) is 26.1 Å². The first-order valence-electron chi connectivity index (χ1n) is 7.79. The second-order valence-electron chi connectivity index (χ2n) is 5.66. The van der Waals surface area contributed by atoms with Crippen LogP contribution < -0.4 is 5.32 Å². The fourth-order valence-electron chi connectivity index (χ4n) is 3.42. The number of imidazole rings is 1. The van der Waals surface area contributed by atoms with Gasteiger partial charge in [0.05, 0.1) is 6.54 Å². The molecule has 0 saturated carbocycles. The molecule has 0 amide bonds. The van der Waals surface area contributed by atoms with Gasteiger partial charge in [0, 0.05) is 37.6 Å². The van der Waals surface area contributed by atoms with Crippen molar-refractivity contribution in [2.45, 2.75) is 38.5 Å². The number of likely N-dealkylation sites (N-methyl/N-ethyl adjacent to an activating group) is 1. The average molecular weight is 284 g/mol. The first-order chi connectivity index (χ1) is 10.3. The summed E-state index contributed by atoms with van der Waals surface area (Å²) in [5.41, 5.74) is 1.36. The Bertz CT molecular complexity index is 563. The number of aromatic nitrogens is 2. The maximum Gasteiger partial charge on any atom is 0.122 e. The number of fused-ring (bicyclic) bond motifs is 1. The molecule has 0 radical (unpaired) electrons. The van der Waals surface area contributed by atoms with Crippen LogP contribution in [-0.4, -0.2) is 34.1 Å². The molecule has 2 heterocycles. The molecule has 112 valence electrons. The molecule has 1 aliphatic heterocycles. The van der Waals surface area contributed by atoms with Gasteiger partial charge in [-0.3, -0.25) is 4.90 Å². The fourth-order valence-corrected chi connectivity index (χ4v) is 3.42. The molecule has 0 spiro atoms. The number of hydrogen-bond donors (Lipinski definition) is 1. The van der Waals surface area contributed by atoms with Gasteiger partial charge >= 0.3 is 0 Å². The molecule has 4 nitrogen and oxygen atoms in total. The van der Waals surface area contributed by atoms with Crippen LogP contribution in [0.5, 0.6) is 0 Å². The van der Waals surface area contributed by atoms with Gasteiger partial charge in [0.25, 0.3) is 0 Å². The molecular formula is C17H24N4. The lowest BCUT2D eigenvalue weighted by molar-refractivity contribution is 0.119. The molecule has 1 N–H and O–H groups in total. The minimum atomic E-state index is 0.359. The molecular weight excluding hydrogens is 260 g/mol. The van der Waals surface area contributed by atoms with Gasteiger partial charge in [-0.25, -0.2) is 4.98 Å². The minimum Gasteiger partial charge on any atom is -0.333 e. The van der Waals surface area contributed by atoms with Gasteiger partial charge in [-0.05, 0) is 19.0 Å². The van der Waals surface area contributed by atoms with Crippen molar-refractivity contribution in [1.29, 1.82) is 0 Å². The second-order valence-corrected chi connectivity index (χ2v) is 5.66. The summed E-state index contributed by atoms with van der Waals surface area (Å²) in [5, 5.41) is 3.52. The quantitative estimate of drug-likeness (QED) is 0.915. The number of nitrogens with zero attached hydrogens (tertiary/aromatic N) is 3. The van der Waals surface area contributed by atoms with Crippen molar-refractivity contribution in [3.8, 4) is 0 Å². The van der Waals surface area contributed by atoms with E-state index in [-0.39, 0.29) is 0 Å². The van der Waals surface area contributed by atoms with E-state index >= 15 is 0 Å². The SMILES string of the molecule is CCC(C(NC)c1ccccc1)N1CCn2ccnc2C1. The Balaban J connectivity index is 1.81. The molecule has 2 atom stereocenters. The lowest BCUT2D eigenvalue weighted by Gasteiger charge is -2.39. The second kappa shape index (κ2) is 6.41. The van der Waals surface area contributed by atoms with Gasteiger partial charge in [-0.2, -0.15) is 0 Å². The Kier molecular flexibility index (Phi) is 4.36. The first-order valence-corrected chi connectivity index (χ1v) is 7.79. The van der Waals surface area contributed by atoms with E-state index in [1.807, 2.05) is 6.20 Å². The molecule has 0 saturated heterocycles. The zero-order valence-electron chi connectivity index (χ0n) is 12.9. The van der Waals surface area contributed by atoms with Gasteiger partial charge in [-0.15, -0.1) is 0 Å². The van der Waals surface area contributed by atoms with Gasteiger partial charge in [-0.1, -0.05) is 37.3 Å². The Hall–Kier alpha value is -1.65. The van der Waals surface area contributed by atoms with Crippen molar-refractivity contribution in [2.75, 3.05) is 13.6 Å². The number of hydrogen-bond acceptors (Lipinski definition) is 3. The smallest absolute Gasteiger partial charge is 0.122 e. The van der Waals surface area contributed by atoms with Crippen molar-refractivity contribution in [2.24, 2.45) is 0 Å². The molecule has 1 aromatic heterocycles. The summed E-state index contributed by atoms with van der Waals surface area (Å²) in [7, 11) is 2.06. The number of rotatable bonds is 5. The van der Waals surface area contributed by atoms with Crippen LogP contribution in [0.4, 0.5) is 0 Å². The van der Waals surface area contributed by atoms with E-state index in [0.29, 0.717) is 12.1 Å². The Morgan fingerprint density at radius 3 is 2.76 bits per heavy atom. The topological polar surface area (TPSA) is 33.1 Å². The molecule has 4 heteroatoms. The Labute approximate surface area is 126 Å². The van der Waals surface area contributed by atoms with Crippen molar-refractivity contribution >= 4 is 0 Å². The lowest BCUT2D eigenvalue weighted by atomic mass is 9.95. The van der Waals surface area contributed by atoms with Crippen LogP contribution in [0.3, 0.4) is 0 Å². The highest BCUT2D eigenvalue weighted by Gasteiger charge is 2.29. The van der Waals surface area contributed by atoms with Crippen LogP contribution in [0.25, 0.3) is 0 Å². The summed E-state index contributed by atoms with van der Waals surface area (Å²) >= 11 is 0. The highest BCUT2D eigenvalue weighted by atomic mass is 15.3. The van der Waals surface area contributed by atoms with E-state index in [1.165, 1.54) is 11.4 Å². The molecule has 0 aliphatic carbocycles. The van der Waals surface area contributed by atoms with Crippen LogP contribution in [-0.2, 0) is 13.1 Å². The summed E-state index contributed by atoms with van der Waals surface area (Å²) in [6.45, 7) is 5.35. The van der Waals surface area contributed by atoms with Gasteiger partial charge in [0.15, 0.2) is 0 Å². The molecule has 21 heavy (non-hydrogen) atoms. The van der Waals surface area contributed by atoms with E-state index < -0.39 is 0 Å².